The molecule has 0 amide bonds. The number of carbonyl (C=O) groups is 1. The highest BCUT2D eigenvalue weighted by atomic mass is 16.1. The number of hydrogen-bond donors (Lipinski definition) is 1. The van der Waals surface area contributed by atoms with E-state index in [1.54, 1.807) is 6.07 Å². The molecule has 0 saturated carbocycles. The molecule has 0 spiro atoms. The van der Waals surface area contributed by atoms with Crippen LogP contribution < -0.4 is 5.32 Å². The Hall–Kier alpha value is -2.86. The number of nitriles is 1. The molecule has 0 aromatic heterocycles. The third-order valence-corrected chi connectivity index (χ3v) is 3.08. The second kappa shape index (κ2) is 4.43. The predicted octanol–water partition coefficient (Wildman–Crippen LogP) is 3.23. The van der Waals surface area contributed by atoms with Crippen molar-refractivity contribution < 1.29 is 4.79 Å². The molecule has 1 aliphatic rings. The average molecular weight is 246 g/mol. The van der Waals surface area contributed by atoms with Gasteiger partial charge in [-0.25, -0.2) is 0 Å². The van der Waals surface area contributed by atoms with E-state index >= 15 is 0 Å². The van der Waals surface area contributed by atoms with E-state index < -0.39 is 0 Å². The number of hydrogen-bond acceptors (Lipinski definition) is 3. The molecule has 1 aliphatic heterocycles. The average Bonchev–Trinajstić information content (AvgIpc) is 2.79. The zero-order valence-corrected chi connectivity index (χ0v) is 10.1. The number of rotatable bonds is 1. The molecule has 0 fully saturated rings. The zero-order chi connectivity index (χ0) is 13.2. The van der Waals surface area contributed by atoms with Gasteiger partial charge in [-0.2, -0.15) is 5.26 Å². The maximum Gasteiger partial charge on any atom is 0.212 e. The van der Waals surface area contributed by atoms with E-state index in [4.69, 9.17) is 0 Å². The summed E-state index contributed by atoms with van der Waals surface area (Å²) in [5.74, 6) is -0.129. The number of nitrogens with one attached hydrogen (secondary N) is 1. The summed E-state index contributed by atoms with van der Waals surface area (Å²) in [6.07, 6.45) is 0. The van der Waals surface area contributed by atoms with Crippen LogP contribution in [-0.2, 0) is 0 Å². The fraction of sp³-hybridized carbons (Fsp3) is 0. The van der Waals surface area contributed by atoms with Gasteiger partial charge in [0.1, 0.15) is 11.8 Å². The van der Waals surface area contributed by atoms with Crippen molar-refractivity contribution in [2.45, 2.75) is 0 Å². The highest BCUT2D eigenvalue weighted by Gasteiger charge is 2.27. The van der Waals surface area contributed by atoms with E-state index in [0.717, 1.165) is 11.3 Å². The van der Waals surface area contributed by atoms with Crippen molar-refractivity contribution in [1.82, 2.24) is 0 Å². The standard InChI is InChI=1S/C16H10N2O/c17-10-13(11-6-2-1-3-7-11)15-16(19)12-8-4-5-9-14(12)18-15/h1-9,18H. The van der Waals surface area contributed by atoms with Gasteiger partial charge >= 0.3 is 0 Å². The number of nitrogens with zero attached hydrogens (tertiary/aromatic N) is 1. The maximum absolute atomic E-state index is 12.3. The van der Waals surface area contributed by atoms with E-state index in [-0.39, 0.29) is 5.78 Å². The Morgan fingerprint density at radius 2 is 1.68 bits per heavy atom. The number of ketones is 1. The van der Waals surface area contributed by atoms with Gasteiger partial charge in [0, 0.05) is 11.3 Å². The first-order valence-corrected chi connectivity index (χ1v) is 5.92. The Balaban J connectivity index is 2.15. The van der Waals surface area contributed by atoms with Crippen LogP contribution in [0.2, 0.25) is 0 Å². The summed E-state index contributed by atoms with van der Waals surface area (Å²) in [6.45, 7) is 0. The van der Waals surface area contributed by atoms with Crippen LogP contribution in [0.5, 0.6) is 0 Å². The Kier molecular flexibility index (Phi) is 2.62. The van der Waals surface area contributed by atoms with Gasteiger partial charge < -0.3 is 5.32 Å². The topological polar surface area (TPSA) is 52.9 Å². The highest BCUT2D eigenvalue weighted by molar-refractivity contribution is 6.23. The van der Waals surface area contributed by atoms with E-state index in [1.165, 1.54) is 0 Å². The van der Waals surface area contributed by atoms with Crippen molar-refractivity contribution in [2.75, 3.05) is 5.32 Å². The fourth-order valence-corrected chi connectivity index (χ4v) is 2.16. The van der Waals surface area contributed by atoms with Crippen molar-refractivity contribution in [3.8, 4) is 6.07 Å². The molecule has 3 nitrogen and oxygen atoms in total. The zero-order valence-electron chi connectivity index (χ0n) is 10.1. The van der Waals surface area contributed by atoms with Gasteiger partial charge in [-0.3, -0.25) is 4.79 Å². The highest BCUT2D eigenvalue weighted by Crippen LogP contribution is 2.31. The first-order valence-electron chi connectivity index (χ1n) is 5.92. The van der Waals surface area contributed by atoms with Crippen molar-refractivity contribution in [3.63, 3.8) is 0 Å². The lowest BCUT2D eigenvalue weighted by atomic mass is 10.0. The van der Waals surface area contributed by atoms with Gasteiger partial charge in [-0.15, -0.1) is 0 Å². The molecule has 2 aromatic carbocycles. The number of carbonyl (C=O) groups excluding carboxylic acids is 1. The molecule has 90 valence electrons. The smallest absolute Gasteiger partial charge is 0.212 e. The summed E-state index contributed by atoms with van der Waals surface area (Å²) in [4.78, 5) is 12.3. The van der Waals surface area contributed by atoms with Gasteiger partial charge in [-0.1, -0.05) is 42.5 Å². The Morgan fingerprint density at radius 1 is 1.00 bits per heavy atom. The number of para-hydroxylation sites is 1. The predicted molar refractivity (Wildman–Crippen MR) is 73.4 cm³/mol. The van der Waals surface area contributed by atoms with Crippen molar-refractivity contribution in [1.29, 1.82) is 5.26 Å². The van der Waals surface area contributed by atoms with Crippen molar-refractivity contribution in [2.24, 2.45) is 0 Å². The van der Waals surface area contributed by atoms with Crippen LogP contribution in [0, 0.1) is 11.3 Å². The SMILES string of the molecule is N#CC(=C1Nc2ccccc2C1=O)c1ccccc1. The van der Waals surface area contributed by atoms with Crippen molar-refractivity contribution in [3.05, 3.63) is 71.4 Å². The van der Waals surface area contributed by atoms with Gasteiger partial charge in [-0.05, 0) is 17.7 Å². The minimum atomic E-state index is -0.129. The fourth-order valence-electron chi connectivity index (χ4n) is 2.16. The van der Waals surface area contributed by atoms with Crippen LogP contribution in [0.15, 0.2) is 60.3 Å². The van der Waals surface area contributed by atoms with Gasteiger partial charge in [0.15, 0.2) is 0 Å². The number of allylic oxidation sites excluding steroid dienone is 2. The molecule has 3 rings (SSSR count). The van der Waals surface area contributed by atoms with Crippen LogP contribution in [0.1, 0.15) is 15.9 Å². The molecule has 0 atom stereocenters. The third kappa shape index (κ3) is 1.80. The van der Waals surface area contributed by atoms with E-state index in [0.29, 0.717) is 16.8 Å². The second-order valence-electron chi connectivity index (χ2n) is 4.23. The van der Waals surface area contributed by atoms with Crippen LogP contribution in [0.4, 0.5) is 5.69 Å². The lowest BCUT2D eigenvalue weighted by Crippen LogP contribution is -2.04. The summed E-state index contributed by atoms with van der Waals surface area (Å²) in [7, 11) is 0. The summed E-state index contributed by atoms with van der Waals surface area (Å²) >= 11 is 0. The molecule has 1 N–H and O–H groups in total. The summed E-state index contributed by atoms with van der Waals surface area (Å²) in [5.41, 5.74) is 2.85. The molecule has 1 heterocycles. The normalized spacial score (nSPS) is 15.4. The first kappa shape index (κ1) is 11.2. The van der Waals surface area contributed by atoms with Crippen LogP contribution in [-0.4, -0.2) is 5.78 Å². The lowest BCUT2D eigenvalue weighted by Gasteiger charge is -2.03. The molecule has 19 heavy (non-hydrogen) atoms. The first-order chi connectivity index (χ1) is 9.31. The van der Waals surface area contributed by atoms with E-state index in [2.05, 4.69) is 11.4 Å². The molecule has 0 unspecified atom stereocenters. The largest absolute Gasteiger partial charge is 0.351 e. The summed E-state index contributed by atoms with van der Waals surface area (Å²) < 4.78 is 0. The van der Waals surface area contributed by atoms with Crippen molar-refractivity contribution >= 4 is 17.0 Å². The third-order valence-electron chi connectivity index (χ3n) is 3.08. The van der Waals surface area contributed by atoms with Gasteiger partial charge in [0.05, 0.1) is 5.57 Å². The Morgan fingerprint density at radius 3 is 2.37 bits per heavy atom. The monoisotopic (exact) mass is 246 g/mol. The van der Waals surface area contributed by atoms with Crippen LogP contribution in [0.25, 0.3) is 5.57 Å². The minimum Gasteiger partial charge on any atom is -0.351 e. The van der Waals surface area contributed by atoms with E-state index in [9.17, 15) is 10.1 Å². The molecular weight excluding hydrogens is 236 g/mol. The maximum atomic E-state index is 12.3. The lowest BCUT2D eigenvalue weighted by molar-refractivity contribution is 0.104. The van der Waals surface area contributed by atoms with Gasteiger partial charge in [0.25, 0.3) is 0 Å². The molecule has 0 aliphatic carbocycles. The number of anilines is 1. The number of fused-ring (bicyclic) bond motifs is 1. The summed E-state index contributed by atoms with van der Waals surface area (Å²) in [6, 6.07) is 18.6. The molecule has 0 saturated heterocycles. The summed E-state index contributed by atoms with van der Waals surface area (Å²) in [5, 5.41) is 12.4. The molecular formula is C16H10N2O. The van der Waals surface area contributed by atoms with E-state index in [1.807, 2.05) is 48.5 Å². The molecule has 0 radical (unpaired) electrons. The number of benzene rings is 2. The van der Waals surface area contributed by atoms with Crippen LogP contribution in [0.3, 0.4) is 0 Å². The quantitative estimate of drug-likeness (QED) is 0.620. The minimum absolute atomic E-state index is 0.129. The molecule has 2 aromatic rings. The number of Topliss-reactive ketones (excluding diaryl/α,β-unsaturated/α-hetero) is 1. The Bertz CT molecular complexity index is 724. The second-order valence-corrected chi connectivity index (χ2v) is 4.23. The molecule has 0 bridgehead atoms. The van der Waals surface area contributed by atoms with Crippen LogP contribution >= 0.6 is 0 Å². The Labute approximate surface area is 110 Å². The van der Waals surface area contributed by atoms with Gasteiger partial charge in [0.2, 0.25) is 5.78 Å². The molecule has 3 heteroatoms.